The highest BCUT2D eigenvalue weighted by Crippen LogP contribution is 2.24. The number of nitrogens with zero attached hydrogens (tertiary/aromatic N) is 1. The molecule has 0 saturated carbocycles. The molecule has 0 aromatic heterocycles. The van der Waals surface area contributed by atoms with E-state index >= 15 is 0 Å². The molecule has 2 nitrogen and oxygen atoms in total. The Bertz CT molecular complexity index is 347. The molecule has 1 aliphatic rings. The molecular weight excluding hydrogens is 210 g/mol. The van der Waals surface area contributed by atoms with Crippen LogP contribution in [0.4, 0.5) is 0 Å². The first-order valence-electron chi connectivity index (χ1n) is 6.58. The number of aliphatic hydroxyl groups is 1. The molecule has 0 amide bonds. The average molecular weight is 233 g/mol. The number of hydrogen-bond donors (Lipinski definition) is 1. The molecule has 2 atom stereocenters. The second-order valence-corrected chi connectivity index (χ2v) is 5.62. The molecule has 0 bridgehead atoms. The molecule has 0 radical (unpaired) electrons. The van der Waals surface area contributed by atoms with Gasteiger partial charge in [0.2, 0.25) is 0 Å². The molecule has 94 valence electrons. The average Bonchev–Trinajstić information content (AvgIpc) is 2.29. The quantitative estimate of drug-likeness (QED) is 0.867. The van der Waals surface area contributed by atoms with E-state index in [1.807, 2.05) is 37.3 Å². The van der Waals surface area contributed by atoms with Gasteiger partial charge in [-0.2, -0.15) is 0 Å². The summed E-state index contributed by atoms with van der Waals surface area (Å²) in [5.41, 5.74) is 0.274. The van der Waals surface area contributed by atoms with Crippen molar-refractivity contribution in [3.8, 4) is 0 Å². The van der Waals surface area contributed by atoms with E-state index in [0.717, 1.165) is 31.1 Å². The molecule has 2 unspecified atom stereocenters. The minimum atomic E-state index is -0.738. The summed E-state index contributed by atoms with van der Waals surface area (Å²) >= 11 is 0. The molecule has 1 aliphatic heterocycles. The zero-order chi connectivity index (χ0) is 12.3. The van der Waals surface area contributed by atoms with Crippen LogP contribution in [-0.4, -0.2) is 29.6 Å². The van der Waals surface area contributed by atoms with E-state index in [1.54, 1.807) is 0 Å². The van der Waals surface area contributed by atoms with E-state index < -0.39 is 5.60 Å². The first kappa shape index (κ1) is 12.6. The number of hydrogen-bond acceptors (Lipinski definition) is 2. The Morgan fingerprint density at radius 1 is 1.35 bits per heavy atom. The van der Waals surface area contributed by atoms with Crippen molar-refractivity contribution in [2.45, 2.75) is 32.3 Å². The van der Waals surface area contributed by atoms with Crippen LogP contribution in [0.5, 0.6) is 0 Å². The highest BCUT2D eigenvalue weighted by atomic mass is 16.3. The van der Waals surface area contributed by atoms with E-state index in [0.29, 0.717) is 0 Å². The topological polar surface area (TPSA) is 23.5 Å². The lowest BCUT2D eigenvalue weighted by Gasteiger charge is -2.36. The molecule has 1 heterocycles. The molecule has 1 aromatic carbocycles. The SMILES string of the molecule is CC1CCCN(CC(C)(O)c2ccccc2)C1. The molecule has 0 spiro atoms. The van der Waals surface area contributed by atoms with E-state index in [4.69, 9.17) is 0 Å². The molecule has 1 N–H and O–H groups in total. The van der Waals surface area contributed by atoms with Crippen molar-refractivity contribution in [1.82, 2.24) is 4.90 Å². The molecule has 0 aliphatic carbocycles. The Balaban J connectivity index is 2.01. The highest BCUT2D eigenvalue weighted by molar-refractivity contribution is 5.21. The lowest BCUT2D eigenvalue weighted by atomic mass is 9.93. The van der Waals surface area contributed by atoms with Crippen LogP contribution in [0.25, 0.3) is 0 Å². The van der Waals surface area contributed by atoms with Crippen LogP contribution in [-0.2, 0) is 5.60 Å². The predicted octanol–water partition coefficient (Wildman–Crippen LogP) is 2.63. The normalized spacial score (nSPS) is 25.5. The minimum absolute atomic E-state index is 0.737. The Hall–Kier alpha value is -0.860. The van der Waals surface area contributed by atoms with Crippen LogP contribution >= 0.6 is 0 Å². The summed E-state index contributed by atoms with van der Waals surface area (Å²) in [6, 6.07) is 9.98. The van der Waals surface area contributed by atoms with Gasteiger partial charge in [0.15, 0.2) is 0 Å². The molecular formula is C15H23NO. The number of β-amino-alcohol motifs (C(OH)–C–C–N with tert-alkyl or cyclic N) is 1. The molecule has 1 fully saturated rings. The molecule has 2 heteroatoms. The van der Waals surface area contributed by atoms with E-state index in [2.05, 4.69) is 11.8 Å². The van der Waals surface area contributed by atoms with Crippen LogP contribution in [0, 0.1) is 5.92 Å². The highest BCUT2D eigenvalue weighted by Gasteiger charge is 2.28. The van der Waals surface area contributed by atoms with Gasteiger partial charge in [-0.3, -0.25) is 4.90 Å². The van der Waals surface area contributed by atoms with Gasteiger partial charge in [-0.15, -0.1) is 0 Å². The van der Waals surface area contributed by atoms with Crippen molar-refractivity contribution in [2.75, 3.05) is 19.6 Å². The summed E-state index contributed by atoms with van der Waals surface area (Å²) in [5, 5.41) is 10.6. The third-order valence-corrected chi connectivity index (χ3v) is 3.67. The van der Waals surface area contributed by atoms with Gasteiger partial charge < -0.3 is 5.11 Å². The van der Waals surface area contributed by atoms with Crippen molar-refractivity contribution in [2.24, 2.45) is 5.92 Å². The van der Waals surface area contributed by atoms with Gasteiger partial charge in [-0.25, -0.2) is 0 Å². The third kappa shape index (κ3) is 3.30. The van der Waals surface area contributed by atoms with E-state index in [-0.39, 0.29) is 0 Å². The monoisotopic (exact) mass is 233 g/mol. The van der Waals surface area contributed by atoms with Gasteiger partial charge in [0.25, 0.3) is 0 Å². The van der Waals surface area contributed by atoms with Crippen LogP contribution in [0.2, 0.25) is 0 Å². The Kier molecular flexibility index (Phi) is 3.85. The van der Waals surface area contributed by atoms with Gasteiger partial charge in [0.1, 0.15) is 0 Å². The number of benzene rings is 1. The summed E-state index contributed by atoms with van der Waals surface area (Å²) < 4.78 is 0. The molecule has 1 aromatic rings. The van der Waals surface area contributed by atoms with Gasteiger partial charge in [-0.05, 0) is 37.8 Å². The fourth-order valence-electron chi connectivity index (χ4n) is 2.75. The second kappa shape index (κ2) is 5.19. The fraction of sp³-hybridized carbons (Fsp3) is 0.600. The van der Waals surface area contributed by atoms with Gasteiger partial charge >= 0.3 is 0 Å². The second-order valence-electron chi connectivity index (χ2n) is 5.62. The number of piperidine rings is 1. The predicted molar refractivity (Wildman–Crippen MR) is 70.9 cm³/mol. The zero-order valence-corrected chi connectivity index (χ0v) is 10.9. The lowest BCUT2D eigenvalue weighted by molar-refractivity contribution is 0.00450. The maximum Gasteiger partial charge on any atom is 0.0994 e. The summed E-state index contributed by atoms with van der Waals surface area (Å²) in [5.74, 6) is 0.760. The van der Waals surface area contributed by atoms with Crippen LogP contribution < -0.4 is 0 Å². The Morgan fingerprint density at radius 3 is 2.71 bits per heavy atom. The summed E-state index contributed by atoms with van der Waals surface area (Å²) in [6.45, 7) is 7.18. The van der Waals surface area contributed by atoms with Crippen LogP contribution in [0.1, 0.15) is 32.3 Å². The number of likely N-dealkylation sites (tertiary alicyclic amines) is 1. The third-order valence-electron chi connectivity index (χ3n) is 3.67. The van der Waals surface area contributed by atoms with Crippen LogP contribution in [0.15, 0.2) is 30.3 Å². The summed E-state index contributed by atoms with van der Waals surface area (Å²) in [6.07, 6.45) is 2.58. The van der Waals surface area contributed by atoms with Crippen molar-refractivity contribution < 1.29 is 5.11 Å². The Morgan fingerprint density at radius 2 is 2.06 bits per heavy atom. The summed E-state index contributed by atoms with van der Waals surface area (Å²) in [7, 11) is 0. The first-order valence-corrected chi connectivity index (χ1v) is 6.58. The Labute approximate surface area is 104 Å². The largest absolute Gasteiger partial charge is 0.384 e. The van der Waals surface area contributed by atoms with Crippen molar-refractivity contribution in [3.63, 3.8) is 0 Å². The van der Waals surface area contributed by atoms with Crippen molar-refractivity contribution in [1.29, 1.82) is 0 Å². The first-order chi connectivity index (χ1) is 8.08. The fourth-order valence-corrected chi connectivity index (χ4v) is 2.75. The van der Waals surface area contributed by atoms with Crippen molar-refractivity contribution in [3.05, 3.63) is 35.9 Å². The van der Waals surface area contributed by atoms with Gasteiger partial charge in [-0.1, -0.05) is 37.3 Å². The smallest absolute Gasteiger partial charge is 0.0994 e. The molecule has 2 rings (SSSR count). The molecule has 1 saturated heterocycles. The standard InChI is InChI=1S/C15H23NO/c1-13-7-6-10-16(11-13)12-15(2,17)14-8-4-3-5-9-14/h3-5,8-9,13,17H,6-7,10-12H2,1-2H3. The van der Waals surface area contributed by atoms with Gasteiger partial charge in [0.05, 0.1) is 5.60 Å². The van der Waals surface area contributed by atoms with Crippen LogP contribution in [0.3, 0.4) is 0 Å². The van der Waals surface area contributed by atoms with E-state index in [1.165, 1.54) is 12.8 Å². The van der Waals surface area contributed by atoms with E-state index in [9.17, 15) is 5.11 Å². The zero-order valence-electron chi connectivity index (χ0n) is 10.9. The lowest BCUT2D eigenvalue weighted by Crippen LogP contribution is -2.43. The van der Waals surface area contributed by atoms with Gasteiger partial charge in [0, 0.05) is 13.1 Å². The molecule has 17 heavy (non-hydrogen) atoms. The maximum atomic E-state index is 10.6. The van der Waals surface area contributed by atoms with Crippen molar-refractivity contribution >= 4 is 0 Å². The number of rotatable bonds is 3. The maximum absolute atomic E-state index is 10.6. The minimum Gasteiger partial charge on any atom is -0.384 e. The summed E-state index contributed by atoms with van der Waals surface area (Å²) in [4.78, 5) is 2.39.